The Kier molecular flexibility index (Phi) is 7.87. The molecule has 1 saturated carbocycles. The first-order valence-corrected chi connectivity index (χ1v) is 7.62. The first-order valence-electron chi connectivity index (χ1n) is 7.62. The van der Waals surface area contributed by atoms with Crippen LogP contribution in [0.2, 0.25) is 0 Å². The predicted molar refractivity (Wildman–Crippen MR) is 76.4 cm³/mol. The third-order valence-corrected chi connectivity index (χ3v) is 3.81. The van der Waals surface area contributed by atoms with Crippen LogP contribution >= 0.6 is 0 Å². The Morgan fingerprint density at radius 3 is 2.41 bits per heavy atom. The summed E-state index contributed by atoms with van der Waals surface area (Å²) in [7, 11) is 2.05. The van der Waals surface area contributed by atoms with Crippen molar-refractivity contribution in [1.29, 1.82) is 0 Å². The molecule has 1 N–H and O–H groups in total. The molecule has 0 heterocycles. The fraction of sp³-hybridized carbons (Fsp3) is 1.00. The first kappa shape index (κ1) is 15.0. The molecule has 0 atom stereocenters. The summed E-state index contributed by atoms with van der Waals surface area (Å²) in [5, 5.41) is 3.23. The number of hydrogen-bond donors (Lipinski definition) is 1. The van der Waals surface area contributed by atoms with Gasteiger partial charge in [-0.3, -0.25) is 0 Å². The summed E-state index contributed by atoms with van der Waals surface area (Å²) >= 11 is 0. The zero-order valence-corrected chi connectivity index (χ0v) is 12.2. The van der Waals surface area contributed by atoms with E-state index in [1.807, 2.05) is 7.05 Å². The molecule has 0 amide bonds. The van der Waals surface area contributed by atoms with Crippen LogP contribution in [0.3, 0.4) is 0 Å². The fourth-order valence-corrected chi connectivity index (χ4v) is 2.95. The van der Waals surface area contributed by atoms with E-state index in [0.717, 1.165) is 12.0 Å². The summed E-state index contributed by atoms with van der Waals surface area (Å²) in [6.07, 6.45) is 9.90. The highest BCUT2D eigenvalue weighted by Gasteiger charge is 2.22. The number of nitrogens with one attached hydrogen (secondary N) is 1. The molecule has 0 bridgehead atoms. The second-order valence-electron chi connectivity index (χ2n) is 5.99. The minimum atomic E-state index is 0.813. The van der Waals surface area contributed by atoms with Crippen LogP contribution in [0, 0.1) is 5.92 Å². The van der Waals surface area contributed by atoms with Gasteiger partial charge in [0.15, 0.2) is 0 Å². The first-order chi connectivity index (χ1) is 8.24. The van der Waals surface area contributed by atoms with Crippen LogP contribution < -0.4 is 5.32 Å². The van der Waals surface area contributed by atoms with Gasteiger partial charge in [-0.2, -0.15) is 0 Å². The van der Waals surface area contributed by atoms with Crippen molar-refractivity contribution in [2.45, 2.75) is 64.8 Å². The highest BCUT2D eigenvalue weighted by Crippen LogP contribution is 2.24. The summed E-state index contributed by atoms with van der Waals surface area (Å²) in [6.45, 7) is 8.50. The van der Waals surface area contributed by atoms with E-state index in [1.165, 1.54) is 64.6 Å². The van der Waals surface area contributed by atoms with Gasteiger partial charge in [-0.05, 0) is 51.7 Å². The van der Waals surface area contributed by atoms with Gasteiger partial charge in [0.1, 0.15) is 0 Å². The van der Waals surface area contributed by atoms with Crippen molar-refractivity contribution in [3.8, 4) is 0 Å². The topological polar surface area (TPSA) is 15.3 Å². The van der Waals surface area contributed by atoms with Crippen LogP contribution in [0.25, 0.3) is 0 Å². The van der Waals surface area contributed by atoms with Crippen molar-refractivity contribution in [3.05, 3.63) is 0 Å². The Morgan fingerprint density at radius 2 is 1.82 bits per heavy atom. The Labute approximate surface area is 108 Å². The molecule has 1 aliphatic rings. The van der Waals surface area contributed by atoms with Crippen molar-refractivity contribution in [1.82, 2.24) is 10.2 Å². The Hall–Kier alpha value is -0.0800. The van der Waals surface area contributed by atoms with E-state index in [-0.39, 0.29) is 0 Å². The smallest absolute Gasteiger partial charge is 0.00953 e. The van der Waals surface area contributed by atoms with Crippen molar-refractivity contribution >= 4 is 0 Å². The van der Waals surface area contributed by atoms with Crippen LogP contribution in [-0.4, -0.2) is 37.6 Å². The van der Waals surface area contributed by atoms with E-state index < -0.39 is 0 Å². The van der Waals surface area contributed by atoms with Crippen LogP contribution in [0.15, 0.2) is 0 Å². The highest BCUT2D eigenvalue weighted by molar-refractivity contribution is 4.78. The van der Waals surface area contributed by atoms with Gasteiger partial charge in [-0.25, -0.2) is 0 Å². The Bertz CT molecular complexity index is 174. The summed E-state index contributed by atoms with van der Waals surface area (Å²) in [5.41, 5.74) is 0. The van der Waals surface area contributed by atoms with Crippen molar-refractivity contribution in [3.63, 3.8) is 0 Å². The van der Waals surface area contributed by atoms with Gasteiger partial charge < -0.3 is 10.2 Å². The minimum absolute atomic E-state index is 0.813. The number of unbranched alkanes of at least 4 members (excludes halogenated alkanes) is 2. The van der Waals surface area contributed by atoms with Crippen LogP contribution in [0.5, 0.6) is 0 Å². The largest absolute Gasteiger partial charge is 0.320 e. The maximum atomic E-state index is 3.23. The highest BCUT2D eigenvalue weighted by atomic mass is 15.2. The van der Waals surface area contributed by atoms with Crippen molar-refractivity contribution in [2.75, 3.05) is 26.7 Å². The molecule has 17 heavy (non-hydrogen) atoms. The van der Waals surface area contributed by atoms with Crippen molar-refractivity contribution < 1.29 is 0 Å². The number of hydrogen-bond acceptors (Lipinski definition) is 2. The monoisotopic (exact) mass is 240 g/mol. The summed E-state index contributed by atoms with van der Waals surface area (Å²) in [6, 6.07) is 0.904. The maximum Gasteiger partial charge on any atom is 0.00953 e. The van der Waals surface area contributed by atoms with Gasteiger partial charge in [0, 0.05) is 12.6 Å². The number of nitrogens with zero attached hydrogens (tertiary/aromatic N) is 1. The fourth-order valence-electron chi connectivity index (χ4n) is 2.95. The zero-order valence-electron chi connectivity index (χ0n) is 12.2. The average Bonchev–Trinajstić information content (AvgIpc) is 2.80. The molecule has 0 saturated heterocycles. The molecule has 0 aromatic carbocycles. The van der Waals surface area contributed by atoms with Crippen LogP contribution in [0.4, 0.5) is 0 Å². The molecule has 0 aromatic rings. The van der Waals surface area contributed by atoms with Gasteiger partial charge >= 0.3 is 0 Å². The normalized spacial score (nSPS) is 17.5. The SMILES string of the molecule is CNCCCCCN(CC(C)C)C1CCCC1. The molecule has 1 rings (SSSR count). The molecule has 102 valence electrons. The summed E-state index contributed by atoms with van der Waals surface area (Å²) < 4.78 is 0. The van der Waals surface area contributed by atoms with Crippen LogP contribution in [0.1, 0.15) is 58.8 Å². The average molecular weight is 240 g/mol. The van der Waals surface area contributed by atoms with E-state index in [1.54, 1.807) is 0 Å². The zero-order chi connectivity index (χ0) is 12.5. The van der Waals surface area contributed by atoms with Gasteiger partial charge in [-0.1, -0.05) is 33.1 Å². The van der Waals surface area contributed by atoms with Gasteiger partial charge in [0.05, 0.1) is 0 Å². The molecule has 0 unspecified atom stereocenters. The lowest BCUT2D eigenvalue weighted by atomic mass is 10.1. The molecule has 1 fully saturated rings. The minimum Gasteiger partial charge on any atom is -0.320 e. The van der Waals surface area contributed by atoms with E-state index in [4.69, 9.17) is 0 Å². The molecule has 0 radical (unpaired) electrons. The van der Waals surface area contributed by atoms with Gasteiger partial charge in [0.2, 0.25) is 0 Å². The lowest BCUT2D eigenvalue weighted by molar-refractivity contribution is 0.173. The van der Waals surface area contributed by atoms with Crippen molar-refractivity contribution in [2.24, 2.45) is 5.92 Å². The Balaban J connectivity index is 2.20. The predicted octanol–water partition coefficient (Wildman–Crippen LogP) is 3.28. The Morgan fingerprint density at radius 1 is 1.12 bits per heavy atom. The number of rotatable bonds is 9. The molecular formula is C15H32N2. The standard InChI is InChI=1S/C15H32N2/c1-14(2)13-17(15-9-5-6-10-15)12-8-4-7-11-16-3/h14-16H,4-13H2,1-3H3. The lowest BCUT2D eigenvalue weighted by Crippen LogP contribution is -2.37. The van der Waals surface area contributed by atoms with E-state index in [2.05, 4.69) is 24.1 Å². The molecule has 2 nitrogen and oxygen atoms in total. The van der Waals surface area contributed by atoms with Gasteiger partial charge in [-0.15, -0.1) is 0 Å². The summed E-state index contributed by atoms with van der Waals surface area (Å²) in [4.78, 5) is 2.77. The lowest BCUT2D eigenvalue weighted by Gasteiger charge is -2.30. The third kappa shape index (κ3) is 6.42. The maximum absolute atomic E-state index is 3.23. The van der Waals surface area contributed by atoms with E-state index >= 15 is 0 Å². The molecule has 2 heteroatoms. The summed E-state index contributed by atoms with van der Waals surface area (Å²) in [5.74, 6) is 0.813. The molecule has 0 aliphatic heterocycles. The molecule has 1 aliphatic carbocycles. The molecule has 0 aromatic heterocycles. The molecule has 0 spiro atoms. The van der Waals surface area contributed by atoms with E-state index in [9.17, 15) is 0 Å². The second kappa shape index (κ2) is 8.93. The van der Waals surface area contributed by atoms with E-state index in [0.29, 0.717) is 0 Å². The second-order valence-corrected chi connectivity index (χ2v) is 5.99. The molecular weight excluding hydrogens is 208 g/mol. The van der Waals surface area contributed by atoms with Crippen LogP contribution in [-0.2, 0) is 0 Å². The third-order valence-electron chi connectivity index (χ3n) is 3.81. The quantitative estimate of drug-likeness (QED) is 0.622. The van der Waals surface area contributed by atoms with Gasteiger partial charge in [0.25, 0.3) is 0 Å².